The number of ether oxygens (including phenoxy) is 1. The maximum Gasteiger partial charge on any atom is 0.338 e. The van der Waals surface area contributed by atoms with E-state index in [1.807, 2.05) is 0 Å². The van der Waals surface area contributed by atoms with E-state index < -0.39 is 16.0 Å². The third-order valence-corrected chi connectivity index (χ3v) is 6.32. The van der Waals surface area contributed by atoms with Gasteiger partial charge in [0, 0.05) is 0 Å². The first-order valence-corrected chi connectivity index (χ1v) is 10.7. The number of esters is 1. The summed E-state index contributed by atoms with van der Waals surface area (Å²) in [6.07, 6.45) is 1.51. The highest BCUT2D eigenvalue weighted by Crippen LogP contribution is 2.24. The second-order valence-corrected chi connectivity index (χ2v) is 8.43. The van der Waals surface area contributed by atoms with Crippen LogP contribution in [-0.2, 0) is 21.4 Å². The summed E-state index contributed by atoms with van der Waals surface area (Å²) in [5.41, 5.74) is 1.96. The van der Waals surface area contributed by atoms with E-state index in [1.165, 1.54) is 34.6 Å². The van der Waals surface area contributed by atoms with Crippen LogP contribution in [0, 0.1) is 13.8 Å². The van der Waals surface area contributed by atoms with Gasteiger partial charge in [-0.1, -0.05) is 35.5 Å². The Labute approximate surface area is 175 Å². The topological polar surface area (TPSA) is 89.7 Å². The Bertz CT molecular complexity index is 1130. The summed E-state index contributed by atoms with van der Waals surface area (Å²) in [6, 6.07) is 14.5. The van der Waals surface area contributed by atoms with E-state index in [2.05, 4.69) is 11.7 Å². The van der Waals surface area contributed by atoms with Crippen LogP contribution in [0.25, 0.3) is 0 Å². The molecule has 0 saturated heterocycles. The summed E-state index contributed by atoms with van der Waals surface area (Å²) in [5, 5.41) is 3.82. The van der Waals surface area contributed by atoms with Gasteiger partial charge in [0.25, 0.3) is 10.0 Å². The Morgan fingerprint density at radius 2 is 1.90 bits per heavy atom. The first-order valence-electron chi connectivity index (χ1n) is 9.22. The molecule has 1 aromatic heterocycles. The highest BCUT2D eigenvalue weighted by molar-refractivity contribution is 7.92. The maximum absolute atomic E-state index is 13.2. The van der Waals surface area contributed by atoms with Gasteiger partial charge in [0.1, 0.15) is 12.4 Å². The number of para-hydroxylation sites is 1. The van der Waals surface area contributed by atoms with Crippen molar-refractivity contribution in [2.75, 3.05) is 10.8 Å². The number of aromatic nitrogens is 1. The fourth-order valence-corrected chi connectivity index (χ4v) is 4.38. The molecule has 0 saturated carbocycles. The molecule has 3 aromatic rings. The van der Waals surface area contributed by atoms with E-state index in [0.29, 0.717) is 22.7 Å². The Morgan fingerprint density at radius 1 is 1.17 bits per heavy atom. The number of anilines is 1. The number of rotatable bonds is 8. The highest BCUT2D eigenvalue weighted by atomic mass is 32.2. The summed E-state index contributed by atoms with van der Waals surface area (Å²) >= 11 is 0. The molecule has 0 amide bonds. The molecule has 3 rings (SSSR count). The molecular weight excluding hydrogens is 404 g/mol. The number of hydrogen-bond donors (Lipinski definition) is 0. The molecule has 1 heterocycles. The quantitative estimate of drug-likeness (QED) is 0.399. The average molecular weight is 426 g/mol. The third kappa shape index (κ3) is 4.44. The Kier molecular flexibility index (Phi) is 6.37. The first kappa shape index (κ1) is 21.3. The van der Waals surface area contributed by atoms with Gasteiger partial charge >= 0.3 is 5.97 Å². The zero-order valence-corrected chi connectivity index (χ0v) is 17.6. The third-order valence-electron chi connectivity index (χ3n) is 4.53. The second kappa shape index (κ2) is 8.96. The van der Waals surface area contributed by atoms with Crippen LogP contribution in [0.3, 0.4) is 0 Å². The zero-order chi connectivity index (χ0) is 21.7. The molecule has 0 aliphatic carbocycles. The average Bonchev–Trinajstić information content (AvgIpc) is 3.08. The van der Waals surface area contributed by atoms with Gasteiger partial charge in [0.15, 0.2) is 0 Å². The predicted molar refractivity (Wildman–Crippen MR) is 113 cm³/mol. The molecule has 0 bridgehead atoms. The van der Waals surface area contributed by atoms with Gasteiger partial charge in [-0.3, -0.25) is 4.31 Å². The lowest BCUT2D eigenvalue weighted by Gasteiger charge is -2.23. The lowest BCUT2D eigenvalue weighted by atomic mass is 10.2. The van der Waals surface area contributed by atoms with Crippen LogP contribution in [0.15, 0.2) is 76.7 Å². The van der Waals surface area contributed by atoms with Crippen LogP contribution < -0.4 is 4.31 Å². The first-order chi connectivity index (χ1) is 14.3. The summed E-state index contributed by atoms with van der Waals surface area (Å²) in [4.78, 5) is 12.5. The minimum Gasteiger partial charge on any atom is -0.457 e. The minimum atomic E-state index is -3.91. The summed E-state index contributed by atoms with van der Waals surface area (Å²) in [7, 11) is -3.91. The molecule has 0 aliphatic heterocycles. The van der Waals surface area contributed by atoms with Crippen molar-refractivity contribution in [1.29, 1.82) is 0 Å². The molecule has 0 unspecified atom stereocenters. The van der Waals surface area contributed by atoms with Crippen LogP contribution in [0.5, 0.6) is 0 Å². The van der Waals surface area contributed by atoms with Crippen LogP contribution >= 0.6 is 0 Å². The number of hydrogen-bond acceptors (Lipinski definition) is 6. The molecule has 0 aliphatic rings. The fraction of sp³-hybridized carbons (Fsp3) is 0.182. The van der Waals surface area contributed by atoms with Crippen molar-refractivity contribution >= 4 is 21.7 Å². The van der Waals surface area contributed by atoms with Gasteiger partial charge in [-0.2, -0.15) is 0 Å². The Hall–Kier alpha value is -3.39. The number of aryl methyl sites for hydroxylation is 2. The lowest BCUT2D eigenvalue weighted by Crippen LogP contribution is -2.31. The van der Waals surface area contributed by atoms with Gasteiger partial charge in [-0.05, 0) is 44.2 Å². The predicted octanol–water partition coefficient (Wildman–Crippen LogP) is 4.03. The van der Waals surface area contributed by atoms with Gasteiger partial charge in [0.05, 0.1) is 33.9 Å². The number of carbonyl (C=O) groups is 1. The van der Waals surface area contributed by atoms with Crippen molar-refractivity contribution in [3.05, 3.63) is 89.8 Å². The van der Waals surface area contributed by atoms with Crippen molar-refractivity contribution in [2.24, 2.45) is 0 Å². The van der Waals surface area contributed by atoms with E-state index in [-0.39, 0.29) is 23.6 Å². The molecule has 0 N–H and O–H groups in total. The van der Waals surface area contributed by atoms with E-state index in [4.69, 9.17) is 9.26 Å². The monoisotopic (exact) mass is 426 g/mol. The van der Waals surface area contributed by atoms with Crippen molar-refractivity contribution < 1.29 is 22.5 Å². The number of sulfonamides is 1. The summed E-state index contributed by atoms with van der Waals surface area (Å²) < 4.78 is 38.1. The molecule has 156 valence electrons. The van der Waals surface area contributed by atoms with E-state index >= 15 is 0 Å². The number of nitrogens with zero attached hydrogens (tertiary/aromatic N) is 2. The van der Waals surface area contributed by atoms with Crippen LogP contribution in [0.1, 0.15) is 27.4 Å². The largest absolute Gasteiger partial charge is 0.457 e. The van der Waals surface area contributed by atoms with E-state index in [0.717, 1.165) is 0 Å². The number of carbonyl (C=O) groups excluding carboxylic acids is 1. The zero-order valence-electron chi connectivity index (χ0n) is 16.7. The fourth-order valence-electron chi connectivity index (χ4n) is 2.89. The van der Waals surface area contributed by atoms with E-state index in [1.54, 1.807) is 44.2 Å². The molecule has 0 radical (unpaired) electrons. The molecule has 7 nitrogen and oxygen atoms in total. The highest BCUT2D eigenvalue weighted by Gasteiger charge is 2.25. The van der Waals surface area contributed by atoms with Crippen molar-refractivity contribution in [2.45, 2.75) is 25.3 Å². The molecule has 0 fully saturated rings. The number of benzene rings is 2. The molecule has 30 heavy (non-hydrogen) atoms. The summed E-state index contributed by atoms with van der Waals surface area (Å²) in [5.74, 6) is -0.0680. The Balaban J connectivity index is 1.86. The van der Waals surface area contributed by atoms with E-state index in [9.17, 15) is 13.2 Å². The normalized spacial score (nSPS) is 11.1. The van der Waals surface area contributed by atoms with Crippen LogP contribution in [-0.4, -0.2) is 26.1 Å². The molecule has 0 atom stereocenters. The van der Waals surface area contributed by atoms with Crippen molar-refractivity contribution in [3.63, 3.8) is 0 Å². The van der Waals surface area contributed by atoms with Crippen molar-refractivity contribution in [3.8, 4) is 0 Å². The van der Waals surface area contributed by atoms with Gasteiger partial charge < -0.3 is 9.26 Å². The van der Waals surface area contributed by atoms with Crippen molar-refractivity contribution in [1.82, 2.24) is 5.16 Å². The van der Waals surface area contributed by atoms with Gasteiger partial charge in [-0.15, -0.1) is 6.58 Å². The second-order valence-electron chi connectivity index (χ2n) is 6.57. The Morgan fingerprint density at radius 3 is 2.53 bits per heavy atom. The molecule has 8 heteroatoms. The van der Waals surface area contributed by atoms with Gasteiger partial charge in [-0.25, -0.2) is 13.2 Å². The molecular formula is C22H22N2O5S. The van der Waals surface area contributed by atoms with Crippen LogP contribution in [0.4, 0.5) is 5.69 Å². The lowest BCUT2D eigenvalue weighted by molar-refractivity contribution is 0.0470. The standard InChI is InChI=1S/C22H22N2O5S/c1-4-13-24(19-10-6-5-7-11-19)30(26,27)20-12-8-9-18(14-20)22(25)28-15-21-16(2)23-29-17(21)3/h4-12,14H,1,13,15H2,2-3H3. The molecule has 0 spiro atoms. The summed E-state index contributed by atoms with van der Waals surface area (Å²) in [6.45, 7) is 7.21. The van der Waals surface area contributed by atoms with Crippen LogP contribution in [0.2, 0.25) is 0 Å². The smallest absolute Gasteiger partial charge is 0.338 e. The maximum atomic E-state index is 13.2. The molecule has 2 aromatic carbocycles. The van der Waals surface area contributed by atoms with Gasteiger partial charge in [0.2, 0.25) is 0 Å². The SMILES string of the molecule is C=CCN(c1ccccc1)S(=O)(=O)c1cccc(C(=O)OCc2c(C)noc2C)c1. The minimum absolute atomic E-state index is 0.0103.